The smallest absolute Gasteiger partial charge is 0.305 e. The highest BCUT2D eigenvalue weighted by molar-refractivity contribution is 5.69. The Hall–Kier alpha value is -1.14. The SMILES string of the molecule is CCCCCC(CCCCC)CCOC(=O)CCCCCCCC(CCCCCCCC(=O)OCCC(CCCCC)CCCCC)CN1CCN(C)CC1. The number of ether oxygens (including phenoxy) is 2. The van der Waals surface area contributed by atoms with Gasteiger partial charge in [0.1, 0.15) is 0 Å². The minimum Gasteiger partial charge on any atom is -0.466 e. The van der Waals surface area contributed by atoms with E-state index in [1.165, 1.54) is 187 Å². The molecule has 0 saturated carbocycles. The van der Waals surface area contributed by atoms with Crippen LogP contribution in [0, 0.1) is 17.8 Å². The maximum absolute atomic E-state index is 12.4. The number of esters is 2. The molecule has 0 aliphatic carbocycles. The van der Waals surface area contributed by atoms with Crippen LogP contribution in [-0.4, -0.2) is 74.7 Å². The van der Waals surface area contributed by atoms with Crippen LogP contribution in [0.3, 0.4) is 0 Å². The van der Waals surface area contributed by atoms with E-state index in [1.54, 1.807) is 0 Å². The Morgan fingerprint density at radius 1 is 0.418 bits per heavy atom. The van der Waals surface area contributed by atoms with Crippen molar-refractivity contribution in [1.82, 2.24) is 9.80 Å². The predicted octanol–water partition coefficient (Wildman–Crippen LogP) is 13.7. The molecule has 0 aromatic heterocycles. The van der Waals surface area contributed by atoms with E-state index in [0.717, 1.165) is 56.3 Å². The molecule has 1 aliphatic heterocycles. The molecule has 0 atom stereocenters. The van der Waals surface area contributed by atoms with Crippen molar-refractivity contribution in [2.45, 2.75) is 233 Å². The van der Waals surface area contributed by atoms with Crippen LogP contribution in [0.4, 0.5) is 0 Å². The first kappa shape index (κ1) is 51.9. The number of hydrogen-bond acceptors (Lipinski definition) is 6. The lowest BCUT2D eigenvalue weighted by molar-refractivity contribution is -0.145. The van der Waals surface area contributed by atoms with Gasteiger partial charge in [0, 0.05) is 45.6 Å². The summed E-state index contributed by atoms with van der Waals surface area (Å²) in [7, 11) is 2.25. The van der Waals surface area contributed by atoms with Gasteiger partial charge in [0.15, 0.2) is 0 Å². The molecule has 0 spiro atoms. The Morgan fingerprint density at radius 3 is 1.13 bits per heavy atom. The zero-order valence-electron chi connectivity index (χ0n) is 37.8. The highest BCUT2D eigenvalue weighted by Crippen LogP contribution is 2.24. The van der Waals surface area contributed by atoms with Crippen LogP contribution in [0.25, 0.3) is 0 Å². The van der Waals surface area contributed by atoms with E-state index < -0.39 is 0 Å². The van der Waals surface area contributed by atoms with Gasteiger partial charge in [-0.15, -0.1) is 0 Å². The second-order valence-electron chi connectivity index (χ2n) is 17.8. The molecule has 6 heteroatoms. The molecule has 0 amide bonds. The average Bonchev–Trinajstić information content (AvgIpc) is 3.17. The molecule has 1 rings (SSSR count). The number of rotatable bonds is 40. The maximum atomic E-state index is 12.4. The van der Waals surface area contributed by atoms with Crippen molar-refractivity contribution in [2.75, 3.05) is 53.0 Å². The molecule has 1 aliphatic rings. The first-order chi connectivity index (χ1) is 26.9. The summed E-state index contributed by atoms with van der Waals surface area (Å²) in [6, 6.07) is 0. The topological polar surface area (TPSA) is 59.1 Å². The predicted molar refractivity (Wildman–Crippen MR) is 237 cm³/mol. The largest absolute Gasteiger partial charge is 0.466 e. The van der Waals surface area contributed by atoms with Crippen molar-refractivity contribution in [1.29, 1.82) is 0 Å². The van der Waals surface area contributed by atoms with Crippen molar-refractivity contribution in [3.63, 3.8) is 0 Å². The first-order valence-corrected chi connectivity index (χ1v) is 24.6. The molecule has 0 aromatic carbocycles. The molecule has 55 heavy (non-hydrogen) atoms. The molecule has 1 saturated heterocycles. The summed E-state index contributed by atoms with van der Waals surface area (Å²) in [6.07, 6.45) is 38.6. The number of piperazine rings is 1. The third kappa shape index (κ3) is 32.5. The number of carbonyl (C=O) groups is 2. The fourth-order valence-corrected chi connectivity index (χ4v) is 8.61. The van der Waals surface area contributed by atoms with Crippen molar-refractivity contribution in [2.24, 2.45) is 17.8 Å². The first-order valence-electron chi connectivity index (χ1n) is 24.6. The van der Waals surface area contributed by atoms with Crippen LogP contribution in [0.2, 0.25) is 0 Å². The van der Waals surface area contributed by atoms with Gasteiger partial charge in [-0.3, -0.25) is 9.59 Å². The van der Waals surface area contributed by atoms with Gasteiger partial charge in [0.2, 0.25) is 0 Å². The summed E-state index contributed by atoms with van der Waals surface area (Å²) in [5, 5.41) is 0. The quantitative estimate of drug-likeness (QED) is 0.0456. The van der Waals surface area contributed by atoms with Crippen molar-refractivity contribution in [3.05, 3.63) is 0 Å². The monoisotopic (exact) mass is 777 g/mol. The molecule has 1 heterocycles. The number of carbonyl (C=O) groups excluding carboxylic acids is 2. The van der Waals surface area contributed by atoms with Gasteiger partial charge in [-0.1, -0.05) is 182 Å². The molecule has 6 nitrogen and oxygen atoms in total. The number of likely N-dealkylation sites (N-methyl/N-ethyl adjacent to an activating group) is 1. The Balaban J connectivity index is 2.24. The lowest BCUT2D eigenvalue weighted by Gasteiger charge is -2.34. The lowest BCUT2D eigenvalue weighted by Crippen LogP contribution is -2.46. The summed E-state index contributed by atoms with van der Waals surface area (Å²) in [4.78, 5) is 30.0. The van der Waals surface area contributed by atoms with Crippen molar-refractivity contribution in [3.8, 4) is 0 Å². The van der Waals surface area contributed by atoms with E-state index in [0.29, 0.717) is 26.1 Å². The number of unbranched alkanes of at least 4 members (excludes halogenated alkanes) is 16. The van der Waals surface area contributed by atoms with Crippen molar-refractivity contribution < 1.29 is 19.1 Å². The molecule has 0 bridgehead atoms. The fourth-order valence-electron chi connectivity index (χ4n) is 8.61. The summed E-state index contributed by atoms with van der Waals surface area (Å²) < 4.78 is 11.4. The van der Waals surface area contributed by atoms with Gasteiger partial charge in [0.05, 0.1) is 13.2 Å². The summed E-state index contributed by atoms with van der Waals surface area (Å²) in [5.74, 6) is 2.27. The summed E-state index contributed by atoms with van der Waals surface area (Å²) in [5.41, 5.74) is 0. The molecule has 1 fully saturated rings. The zero-order chi connectivity index (χ0) is 40.0. The van der Waals surface area contributed by atoms with Crippen molar-refractivity contribution >= 4 is 11.9 Å². The Kier molecular flexibility index (Phi) is 36.2. The second-order valence-corrected chi connectivity index (χ2v) is 17.8. The molecule has 0 N–H and O–H groups in total. The van der Waals surface area contributed by atoms with Crippen LogP contribution in [0.15, 0.2) is 0 Å². The van der Waals surface area contributed by atoms with Crippen LogP contribution in [0.1, 0.15) is 233 Å². The minimum atomic E-state index is 0.0164. The van der Waals surface area contributed by atoms with Crippen LogP contribution in [-0.2, 0) is 19.1 Å². The molecular formula is C49H96N2O4. The van der Waals surface area contributed by atoms with Gasteiger partial charge in [-0.05, 0) is 63.3 Å². The van der Waals surface area contributed by atoms with E-state index in [9.17, 15) is 9.59 Å². The Labute approximate surface area is 343 Å². The van der Waals surface area contributed by atoms with Gasteiger partial charge in [-0.2, -0.15) is 0 Å². The zero-order valence-corrected chi connectivity index (χ0v) is 37.8. The number of hydrogen-bond donors (Lipinski definition) is 0. The normalized spacial score (nSPS) is 14.1. The van der Waals surface area contributed by atoms with Crippen LogP contribution >= 0.6 is 0 Å². The molecule has 0 unspecified atom stereocenters. The highest BCUT2D eigenvalue weighted by Gasteiger charge is 2.19. The molecule has 326 valence electrons. The molecule has 0 aromatic rings. The van der Waals surface area contributed by atoms with E-state index >= 15 is 0 Å². The third-order valence-corrected chi connectivity index (χ3v) is 12.5. The van der Waals surface area contributed by atoms with Crippen LogP contribution in [0.5, 0.6) is 0 Å². The standard InChI is InChI=1S/C49H96N2O4/c1-6-10-20-28-45(29-21-11-7-2)36-42-54-48(52)34-26-18-14-16-24-32-47(44-51-40-38-50(5)39-41-51)33-25-17-15-19-27-35-49(53)55-43-37-46(30-22-12-8-3)31-23-13-9-4/h45-47H,6-44H2,1-5H3. The summed E-state index contributed by atoms with van der Waals surface area (Å²) in [6.45, 7) is 16.4. The molecule has 0 radical (unpaired) electrons. The lowest BCUT2D eigenvalue weighted by atomic mass is 9.92. The highest BCUT2D eigenvalue weighted by atomic mass is 16.5. The fraction of sp³-hybridized carbons (Fsp3) is 0.959. The second kappa shape index (κ2) is 38.4. The minimum absolute atomic E-state index is 0.0164. The average molecular weight is 777 g/mol. The van der Waals surface area contributed by atoms with Gasteiger partial charge in [0.25, 0.3) is 0 Å². The molecular weight excluding hydrogens is 681 g/mol. The maximum Gasteiger partial charge on any atom is 0.305 e. The Morgan fingerprint density at radius 2 is 0.745 bits per heavy atom. The number of nitrogens with zero attached hydrogens (tertiary/aromatic N) is 2. The van der Waals surface area contributed by atoms with E-state index in [2.05, 4.69) is 44.5 Å². The van der Waals surface area contributed by atoms with E-state index in [-0.39, 0.29) is 11.9 Å². The van der Waals surface area contributed by atoms with E-state index in [4.69, 9.17) is 9.47 Å². The van der Waals surface area contributed by atoms with E-state index in [1.807, 2.05) is 0 Å². The van der Waals surface area contributed by atoms with Gasteiger partial charge >= 0.3 is 11.9 Å². The third-order valence-electron chi connectivity index (χ3n) is 12.5. The summed E-state index contributed by atoms with van der Waals surface area (Å²) >= 11 is 0. The Bertz CT molecular complexity index is 769. The van der Waals surface area contributed by atoms with Gasteiger partial charge in [-0.25, -0.2) is 0 Å². The van der Waals surface area contributed by atoms with Gasteiger partial charge < -0.3 is 19.3 Å². The van der Waals surface area contributed by atoms with Crippen LogP contribution < -0.4 is 0 Å².